The molecule has 0 radical (unpaired) electrons. The third-order valence-electron chi connectivity index (χ3n) is 5.58. The highest BCUT2D eigenvalue weighted by Gasteiger charge is 2.33. The summed E-state index contributed by atoms with van der Waals surface area (Å²) in [7, 11) is 0. The van der Waals surface area contributed by atoms with Crippen molar-refractivity contribution in [2.45, 2.75) is 39.4 Å². The first-order chi connectivity index (χ1) is 15.5. The third-order valence-corrected chi connectivity index (χ3v) is 5.58. The fraction of sp³-hybridized carbons (Fsp3) is 0.280. The van der Waals surface area contributed by atoms with Gasteiger partial charge in [-0.15, -0.1) is 13.2 Å². The Kier molecular flexibility index (Phi) is 6.03. The van der Waals surface area contributed by atoms with Gasteiger partial charge in [-0.25, -0.2) is 8.78 Å². The molecule has 0 spiro atoms. The predicted molar refractivity (Wildman–Crippen MR) is 111 cm³/mol. The Bertz CT molecular complexity index is 1160. The Labute approximate surface area is 186 Å². The fourth-order valence-corrected chi connectivity index (χ4v) is 4.10. The van der Waals surface area contributed by atoms with E-state index < -0.39 is 41.4 Å². The lowest BCUT2D eigenvalue weighted by atomic mass is 9.99. The summed E-state index contributed by atoms with van der Waals surface area (Å²) < 4.78 is 89.2. The zero-order valence-corrected chi connectivity index (χ0v) is 17.8. The van der Waals surface area contributed by atoms with E-state index in [4.69, 9.17) is 4.74 Å². The Morgan fingerprint density at radius 1 is 0.879 bits per heavy atom. The van der Waals surface area contributed by atoms with Crippen molar-refractivity contribution >= 4 is 0 Å². The molecule has 2 atom stereocenters. The minimum absolute atomic E-state index is 0.253. The number of halogens is 6. The molecule has 4 rings (SSSR count). The van der Waals surface area contributed by atoms with Gasteiger partial charge in [0.15, 0.2) is 11.6 Å². The maximum atomic E-state index is 14.7. The molecule has 0 saturated carbocycles. The molecule has 33 heavy (non-hydrogen) atoms. The molecule has 0 amide bonds. The molecule has 3 aromatic rings. The highest BCUT2D eigenvalue weighted by Crippen LogP contribution is 2.36. The molecule has 0 aliphatic heterocycles. The summed E-state index contributed by atoms with van der Waals surface area (Å²) in [6.45, 7) is 3.32. The molecule has 3 aromatic carbocycles. The standard InChI is InChI=1S/C25H20F6O2/c1-13-7-15-3-4-16(10-18(15)8-13)17-5-6-20(21(26)11-17)24(28)32-19-9-14(2)23(22(27)12-19)33-25(29,30)31/h3-6,9-13,24H,7-8H2,1-2H3. The van der Waals surface area contributed by atoms with E-state index in [1.165, 1.54) is 23.3 Å². The fourth-order valence-electron chi connectivity index (χ4n) is 4.10. The van der Waals surface area contributed by atoms with Crippen LogP contribution in [0, 0.1) is 24.5 Å². The van der Waals surface area contributed by atoms with Crippen molar-refractivity contribution in [1.29, 1.82) is 0 Å². The highest BCUT2D eigenvalue weighted by atomic mass is 19.4. The Hall–Kier alpha value is -3.16. The van der Waals surface area contributed by atoms with Crippen LogP contribution < -0.4 is 9.47 Å². The molecule has 0 bridgehead atoms. The quantitative estimate of drug-likeness (QED) is 0.360. The summed E-state index contributed by atoms with van der Waals surface area (Å²) in [4.78, 5) is 0. The number of alkyl halides is 4. The molecule has 0 saturated heterocycles. The largest absolute Gasteiger partial charge is 0.573 e. The molecule has 0 N–H and O–H groups in total. The Morgan fingerprint density at radius 2 is 1.55 bits per heavy atom. The Morgan fingerprint density at radius 3 is 2.21 bits per heavy atom. The van der Waals surface area contributed by atoms with Gasteiger partial charge in [-0.3, -0.25) is 0 Å². The van der Waals surface area contributed by atoms with Gasteiger partial charge in [0.1, 0.15) is 11.6 Å². The second-order valence-electron chi connectivity index (χ2n) is 8.27. The second-order valence-corrected chi connectivity index (χ2v) is 8.27. The van der Waals surface area contributed by atoms with Gasteiger partial charge >= 0.3 is 6.36 Å². The SMILES string of the molecule is Cc1cc(OC(F)c2ccc(-c3ccc4c(c3)CC(C)C4)cc2F)cc(F)c1OC(F)(F)F. The summed E-state index contributed by atoms with van der Waals surface area (Å²) in [6.07, 6.45) is -5.42. The molecule has 0 aromatic heterocycles. The zero-order valence-electron chi connectivity index (χ0n) is 17.8. The van der Waals surface area contributed by atoms with E-state index in [1.54, 1.807) is 6.07 Å². The van der Waals surface area contributed by atoms with Crippen molar-refractivity contribution in [3.05, 3.63) is 82.4 Å². The van der Waals surface area contributed by atoms with Crippen molar-refractivity contribution in [2.75, 3.05) is 0 Å². The number of rotatable bonds is 5. The van der Waals surface area contributed by atoms with Gasteiger partial charge in [0.25, 0.3) is 6.36 Å². The van der Waals surface area contributed by atoms with E-state index in [9.17, 15) is 26.3 Å². The molecule has 174 valence electrons. The summed E-state index contributed by atoms with van der Waals surface area (Å²) in [5.41, 5.74) is 3.20. The summed E-state index contributed by atoms with van der Waals surface area (Å²) in [5, 5.41) is 0. The molecule has 1 aliphatic rings. The lowest BCUT2D eigenvalue weighted by Gasteiger charge is -2.16. The number of ether oxygens (including phenoxy) is 2. The van der Waals surface area contributed by atoms with Crippen LogP contribution in [0.5, 0.6) is 11.5 Å². The van der Waals surface area contributed by atoms with Crippen molar-refractivity contribution in [2.24, 2.45) is 5.92 Å². The third kappa shape index (κ3) is 5.10. The van der Waals surface area contributed by atoms with Gasteiger partial charge in [-0.05, 0) is 71.7 Å². The van der Waals surface area contributed by atoms with Gasteiger partial charge in [0.2, 0.25) is 0 Å². The lowest BCUT2D eigenvalue weighted by molar-refractivity contribution is -0.275. The smallest absolute Gasteiger partial charge is 0.456 e. The molecule has 8 heteroatoms. The van der Waals surface area contributed by atoms with E-state index in [0.29, 0.717) is 17.5 Å². The van der Waals surface area contributed by atoms with Gasteiger partial charge in [0.05, 0.1) is 5.56 Å². The van der Waals surface area contributed by atoms with E-state index >= 15 is 0 Å². The van der Waals surface area contributed by atoms with Crippen LogP contribution in [0.3, 0.4) is 0 Å². The van der Waals surface area contributed by atoms with Gasteiger partial charge < -0.3 is 9.47 Å². The average molecular weight is 466 g/mol. The molecule has 0 heterocycles. The molecule has 1 aliphatic carbocycles. The monoisotopic (exact) mass is 466 g/mol. The van der Waals surface area contributed by atoms with Crippen LogP contribution in [-0.4, -0.2) is 6.36 Å². The first-order valence-corrected chi connectivity index (χ1v) is 10.3. The molecular formula is C25H20F6O2. The summed E-state index contributed by atoms with van der Waals surface area (Å²) in [6, 6.07) is 11.4. The van der Waals surface area contributed by atoms with Crippen molar-refractivity contribution in [3.63, 3.8) is 0 Å². The van der Waals surface area contributed by atoms with Crippen LogP contribution in [0.25, 0.3) is 11.1 Å². The van der Waals surface area contributed by atoms with Crippen LogP contribution in [0.1, 0.15) is 35.5 Å². The van der Waals surface area contributed by atoms with Gasteiger partial charge in [0, 0.05) is 6.07 Å². The van der Waals surface area contributed by atoms with Crippen LogP contribution in [0.2, 0.25) is 0 Å². The second kappa shape index (κ2) is 8.65. The molecule has 2 unspecified atom stereocenters. The number of fused-ring (bicyclic) bond motifs is 1. The number of aryl methyl sites for hydroxylation is 1. The first-order valence-electron chi connectivity index (χ1n) is 10.3. The molecular weight excluding hydrogens is 446 g/mol. The zero-order chi connectivity index (χ0) is 23.9. The maximum absolute atomic E-state index is 14.7. The van der Waals surface area contributed by atoms with Crippen molar-refractivity contribution in [1.82, 2.24) is 0 Å². The number of hydrogen-bond donors (Lipinski definition) is 0. The highest BCUT2D eigenvalue weighted by molar-refractivity contribution is 5.66. The van der Waals surface area contributed by atoms with Crippen LogP contribution in [-0.2, 0) is 12.8 Å². The minimum Gasteiger partial charge on any atom is -0.456 e. The first kappa shape index (κ1) is 23.0. The number of benzene rings is 3. The molecule has 2 nitrogen and oxygen atoms in total. The lowest BCUT2D eigenvalue weighted by Crippen LogP contribution is -2.18. The number of hydrogen-bond acceptors (Lipinski definition) is 2. The predicted octanol–water partition coefficient (Wildman–Crippen LogP) is 7.62. The molecule has 0 fully saturated rings. The van der Waals surface area contributed by atoms with Gasteiger partial charge in [-0.1, -0.05) is 31.2 Å². The van der Waals surface area contributed by atoms with E-state index in [-0.39, 0.29) is 5.56 Å². The maximum Gasteiger partial charge on any atom is 0.573 e. The topological polar surface area (TPSA) is 18.5 Å². The van der Waals surface area contributed by atoms with E-state index in [1.807, 2.05) is 18.2 Å². The Balaban J connectivity index is 1.53. The minimum atomic E-state index is -5.08. The average Bonchev–Trinajstić information content (AvgIpc) is 3.09. The van der Waals surface area contributed by atoms with E-state index in [0.717, 1.165) is 31.4 Å². The van der Waals surface area contributed by atoms with Crippen LogP contribution in [0.15, 0.2) is 48.5 Å². The summed E-state index contributed by atoms with van der Waals surface area (Å²) in [5.74, 6) is -3.12. The van der Waals surface area contributed by atoms with Crippen LogP contribution >= 0.6 is 0 Å². The van der Waals surface area contributed by atoms with Crippen molar-refractivity contribution < 1.29 is 35.8 Å². The van der Waals surface area contributed by atoms with Crippen molar-refractivity contribution in [3.8, 4) is 22.6 Å². The van der Waals surface area contributed by atoms with Gasteiger partial charge in [-0.2, -0.15) is 4.39 Å². The summed E-state index contributed by atoms with van der Waals surface area (Å²) >= 11 is 0. The van der Waals surface area contributed by atoms with E-state index in [2.05, 4.69) is 11.7 Å². The van der Waals surface area contributed by atoms with Crippen LogP contribution in [0.4, 0.5) is 26.3 Å². The normalized spacial score (nSPS) is 16.4.